The summed E-state index contributed by atoms with van der Waals surface area (Å²) < 4.78 is 11.2. The van der Waals surface area contributed by atoms with Crippen LogP contribution in [-0.2, 0) is 11.2 Å². The maximum atomic E-state index is 12.3. The predicted octanol–water partition coefficient (Wildman–Crippen LogP) is 4.22. The zero-order valence-electron chi connectivity index (χ0n) is 17.7. The molecule has 0 bridgehead atoms. The van der Waals surface area contributed by atoms with Crippen LogP contribution in [0.3, 0.4) is 0 Å². The minimum Gasteiger partial charge on any atom is -0.490 e. The number of hydrogen-bond acceptors (Lipinski definition) is 7. The van der Waals surface area contributed by atoms with E-state index in [9.17, 15) is 20.2 Å². The number of ether oxygens (including phenoxy) is 2. The highest BCUT2D eigenvalue weighted by molar-refractivity contribution is 6.32. The Bertz CT molecular complexity index is 1050. The van der Waals surface area contributed by atoms with Crippen molar-refractivity contribution in [2.24, 2.45) is 0 Å². The minimum atomic E-state index is -0.698. The molecule has 0 fully saturated rings. The molecule has 10 heteroatoms. The standard InChI is InChI=1S/C22H23ClN4O5/c1-3-31-20-8-5-15(11-21(20)32-4-2)9-10-25-14-16(13-24)22(28)26-17-6-7-18(23)19(12-17)27(29)30/h5-8,11-12,14,25H,3-4,9-10H2,1-2H3,(H,26,28)/b16-14-. The molecule has 168 valence electrons. The fourth-order valence-corrected chi connectivity index (χ4v) is 2.91. The van der Waals surface area contributed by atoms with Gasteiger partial charge in [0.05, 0.1) is 18.1 Å². The first-order chi connectivity index (χ1) is 15.4. The second-order valence-corrected chi connectivity index (χ2v) is 6.81. The Morgan fingerprint density at radius 2 is 1.91 bits per heavy atom. The van der Waals surface area contributed by atoms with E-state index in [0.29, 0.717) is 37.7 Å². The third-order valence-electron chi connectivity index (χ3n) is 4.18. The van der Waals surface area contributed by atoms with E-state index in [0.717, 1.165) is 11.6 Å². The van der Waals surface area contributed by atoms with Crippen molar-refractivity contribution in [3.8, 4) is 17.6 Å². The van der Waals surface area contributed by atoms with E-state index < -0.39 is 10.8 Å². The van der Waals surface area contributed by atoms with Gasteiger partial charge in [-0.3, -0.25) is 14.9 Å². The van der Waals surface area contributed by atoms with Crippen LogP contribution in [0, 0.1) is 21.4 Å². The van der Waals surface area contributed by atoms with Crippen molar-refractivity contribution in [1.29, 1.82) is 5.26 Å². The quantitative estimate of drug-likeness (QED) is 0.169. The van der Waals surface area contributed by atoms with Gasteiger partial charge in [-0.05, 0) is 50.1 Å². The second-order valence-electron chi connectivity index (χ2n) is 6.40. The molecule has 0 aliphatic rings. The van der Waals surface area contributed by atoms with E-state index in [2.05, 4.69) is 10.6 Å². The number of carbonyl (C=O) groups excluding carboxylic acids is 1. The number of nitro benzene ring substituents is 1. The number of nitriles is 1. The van der Waals surface area contributed by atoms with Gasteiger partial charge in [0.25, 0.3) is 11.6 Å². The van der Waals surface area contributed by atoms with E-state index >= 15 is 0 Å². The van der Waals surface area contributed by atoms with Gasteiger partial charge in [0.2, 0.25) is 0 Å². The number of hydrogen-bond donors (Lipinski definition) is 2. The molecular weight excluding hydrogens is 436 g/mol. The molecule has 1 amide bonds. The topological polar surface area (TPSA) is 127 Å². The molecule has 32 heavy (non-hydrogen) atoms. The number of halogens is 1. The molecule has 2 aromatic rings. The van der Waals surface area contributed by atoms with Gasteiger partial charge in [0.1, 0.15) is 16.7 Å². The van der Waals surface area contributed by atoms with E-state index in [1.807, 2.05) is 32.0 Å². The summed E-state index contributed by atoms with van der Waals surface area (Å²) in [5.41, 5.74) is 0.635. The number of nitro groups is 1. The van der Waals surface area contributed by atoms with E-state index in [4.69, 9.17) is 21.1 Å². The summed E-state index contributed by atoms with van der Waals surface area (Å²) in [5, 5.41) is 25.6. The SMILES string of the molecule is CCOc1ccc(CCN/C=C(/C#N)C(=O)Nc2ccc(Cl)c([N+](=O)[O-])c2)cc1OCC. The number of nitrogens with zero attached hydrogens (tertiary/aromatic N) is 2. The highest BCUT2D eigenvalue weighted by atomic mass is 35.5. The highest BCUT2D eigenvalue weighted by Crippen LogP contribution is 2.29. The van der Waals surface area contributed by atoms with Gasteiger partial charge in [-0.1, -0.05) is 17.7 Å². The van der Waals surface area contributed by atoms with E-state index in [1.54, 1.807) is 6.07 Å². The van der Waals surface area contributed by atoms with Crippen LogP contribution in [0.25, 0.3) is 0 Å². The van der Waals surface area contributed by atoms with Gasteiger partial charge in [-0.15, -0.1) is 0 Å². The van der Waals surface area contributed by atoms with E-state index in [-0.39, 0.29) is 22.0 Å². The first-order valence-corrected chi connectivity index (χ1v) is 10.2. The van der Waals surface area contributed by atoms with Crippen LogP contribution in [0.2, 0.25) is 5.02 Å². The molecule has 0 aromatic heterocycles. The Morgan fingerprint density at radius 1 is 1.19 bits per heavy atom. The summed E-state index contributed by atoms with van der Waals surface area (Å²) in [4.78, 5) is 22.6. The molecule has 0 saturated heterocycles. The van der Waals surface area contributed by atoms with Crippen LogP contribution in [0.5, 0.6) is 11.5 Å². The molecular formula is C22H23ClN4O5. The molecule has 2 rings (SSSR count). The largest absolute Gasteiger partial charge is 0.490 e. The van der Waals surface area contributed by atoms with Gasteiger partial charge >= 0.3 is 0 Å². The third-order valence-corrected chi connectivity index (χ3v) is 4.50. The van der Waals surface area contributed by atoms with Gasteiger partial charge in [-0.25, -0.2) is 0 Å². The van der Waals surface area contributed by atoms with Crippen LogP contribution in [0.4, 0.5) is 11.4 Å². The van der Waals surface area contributed by atoms with Crippen LogP contribution in [-0.4, -0.2) is 30.6 Å². The minimum absolute atomic E-state index is 0.0486. The maximum Gasteiger partial charge on any atom is 0.289 e. The summed E-state index contributed by atoms with van der Waals surface area (Å²) in [6, 6.07) is 11.3. The highest BCUT2D eigenvalue weighted by Gasteiger charge is 2.15. The molecule has 0 radical (unpaired) electrons. The van der Waals surface area contributed by atoms with Crippen molar-refractivity contribution in [2.45, 2.75) is 20.3 Å². The van der Waals surface area contributed by atoms with Crippen molar-refractivity contribution in [1.82, 2.24) is 5.32 Å². The average molecular weight is 459 g/mol. The summed E-state index contributed by atoms with van der Waals surface area (Å²) in [6.07, 6.45) is 1.92. The predicted molar refractivity (Wildman–Crippen MR) is 121 cm³/mol. The fourth-order valence-electron chi connectivity index (χ4n) is 2.72. The summed E-state index contributed by atoms with van der Waals surface area (Å²) >= 11 is 5.76. The lowest BCUT2D eigenvalue weighted by molar-refractivity contribution is -0.384. The molecule has 9 nitrogen and oxygen atoms in total. The van der Waals surface area contributed by atoms with Crippen molar-refractivity contribution < 1.29 is 19.2 Å². The number of nitrogens with one attached hydrogen (secondary N) is 2. The van der Waals surface area contributed by atoms with Gasteiger partial charge in [-0.2, -0.15) is 5.26 Å². The zero-order chi connectivity index (χ0) is 23.5. The maximum absolute atomic E-state index is 12.3. The van der Waals surface area contributed by atoms with Crippen molar-refractivity contribution in [2.75, 3.05) is 25.1 Å². The van der Waals surface area contributed by atoms with Gasteiger partial charge < -0.3 is 20.1 Å². The lowest BCUT2D eigenvalue weighted by atomic mass is 10.1. The van der Waals surface area contributed by atoms with Gasteiger partial charge in [0.15, 0.2) is 11.5 Å². The number of amides is 1. The molecule has 0 unspecified atom stereocenters. The molecule has 0 spiro atoms. The monoisotopic (exact) mass is 458 g/mol. The first kappa shape index (κ1) is 24.5. The Labute approximate surface area is 190 Å². The first-order valence-electron chi connectivity index (χ1n) is 9.87. The van der Waals surface area contributed by atoms with E-state index in [1.165, 1.54) is 18.3 Å². The number of anilines is 1. The van der Waals surface area contributed by atoms with Crippen molar-refractivity contribution in [3.05, 3.63) is 68.9 Å². The van der Waals surface area contributed by atoms with Gasteiger partial charge in [0, 0.05) is 24.5 Å². The smallest absolute Gasteiger partial charge is 0.289 e. The number of rotatable bonds is 11. The molecule has 0 saturated carbocycles. The summed E-state index contributed by atoms with van der Waals surface area (Å²) in [5.74, 6) is 0.643. The lowest BCUT2D eigenvalue weighted by Gasteiger charge is -2.12. The Balaban J connectivity index is 1.98. The van der Waals surface area contributed by atoms with Crippen molar-refractivity contribution in [3.63, 3.8) is 0 Å². The normalized spacial score (nSPS) is 10.8. The second kappa shape index (κ2) is 12.2. The van der Waals surface area contributed by atoms with Crippen LogP contribution >= 0.6 is 11.6 Å². The molecule has 0 atom stereocenters. The third kappa shape index (κ3) is 6.89. The summed E-state index contributed by atoms with van der Waals surface area (Å²) in [7, 11) is 0. The summed E-state index contributed by atoms with van der Waals surface area (Å²) in [6.45, 7) is 5.31. The van der Waals surface area contributed by atoms with Crippen LogP contribution in [0.1, 0.15) is 19.4 Å². The molecule has 0 aliphatic carbocycles. The molecule has 0 heterocycles. The number of carbonyl (C=O) groups is 1. The Morgan fingerprint density at radius 3 is 2.56 bits per heavy atom. The molecule has 2 aromatic carbocycles. The molecule has 0 aliphatic heterocycles. The number of benzene rings is 2. The Hall–Kier alpha value is -3.77. The van der Waals surface area contributed by atoms with Crippen molar-refractivity contribution >= 4 is 28.9 Å². The average Bonchev–Trinajstić information content (AvgIpc) is 2.76. The zero-order valence-corrected chi connectivity index (χ0v) is 18.4. The fraction of sp³-hybridized carbons (Fsp3) is 0.273. The Kier molecular flexibility index (Phi) is 9.32. The van der Waals surface area contributed by atoms with Crippen LogP contribution in [0.15, 0.2) is 48.2 Å². The van der Waals surface area contributed by atoms with Crippen LogP contribution < -0.4 is 20.1 Å². The molecule has 2 N–H and O–H groups in total. The lowest BCUT2D eigenvalue weighted by Crippen LogP contribution is -2.18.